The maximum absolute atomic E-state index is 15.2. The van der Waals surface area contributed by atoms with Crippen LogP contribution >= 0.6 is 0 Å². The summed E-state index contributed by atoms with van der Waals surface area (Å²) in [5.74, 6) is -7.58. The SMILES string of the molecule is CCCCOC(=O)c1c(F)cc2c(c1O)C(=O)C1=C(O)[C@]3(O)C(=O)c4c(OCc5ccccc5)noc4[C@@H](N(C)C)[C@@H]3C[C@@H]1C2. The van der Waals surface area contributed by atoms with Gasteiger partial charge in [0.1, 0.15) is 35.1 Å². The van der Waals surface area contributed by atoms with Gasteiger partial charge in [0.25, 0.3) is 5.88 Å². The van der Waals surface area contributed by atoms with Crippen LogP contribution in [-0.2, 0) is 17.8 Å². The van der Waals surface area contributed by atoms with Gasteiger partial charge in [-0.3, -0.25) is 14.5 Å². The van der Waals surface area contributed by atoms with E-state index < -0.39 is 63.9 Å². The van der Waals surface area contributed by atoms with E-state index in [4.69, 9.17) is 14.0 Å². The number of benzene rings is 2. The number of halogens is 1. The van der Waals surface area contributed by atoms with E-state index >= 15 is 4.39 Å². The lowest BCUT2D eigenvalue weighted by Gasteiger charge is -2.49. The Bertz CT molecular complexity index is 1730. The van der Waals surface area contributed by atoms with Gasteiger partial charge in [-0.1, -0.05) is 43.7 Å². The smallest absolute Gasteiger partial charge is 0.344 e. The second-order valence-corrected chi connectivity index (χ2v) is 11.9. The van der Waals surface area contributed by atoms with Crippen LogP contribution in [0.2, 0.25) is 0 Å². The number of aromatic hydroxyl groups is 1. The third-order valence-electron chi connectivity index (χ3n) is 8.99. The van der Waals surface area contributed by atoms with E-state index in [0.29, 0.717) is 12.8 Å². The first-order valence-electron chi connectivity index (χ1n) is 14.8. The van der Waals surface area contributed by atoms with Gasteiger partial charge in [0.2, 0.25) is 5.78 Å². The molecule has 0 fully saturated rings. The zero-order chi connectivity index (χ0) is 32.2. The highest BCUT2D eigenvalue weighted by Gasteiger charge is 2.64. The number of ether oxygens (including phenoxy) is 2. The molecule has 0 bridgehead atoms. The molecular weight excluding hydrogens is 587 g/mol. The Morgan fingerprint density at radius 3 is 2.60 bits per heavy atom. The van der Waals surface area contributed by atoms with E-state index in [-0.39, 0.29) is 60.0 Å². The number of carbonyl (C=O) groups is 3. The number of allylic oxidation sites excluding steroid dienone is 1. The maximum Gasteiger partial charge on any atom is 0.344 e. The number of phenols is 1. The summed E-state index contributed by atoms with van der Waals surface area (Å²) in [6.07, 6.45) is 1.26. The van der Waals surface area contributed by atoms with E-state index in [0.717, 1.165) is 11.6 Å². The number of rotatable bonds is 8. The molecule has 236 valence electrons. The van der Waals surface area contributed by atoms with Crippen molar-refractivity contribution in [2.24, 2.45) is 11.8 Å². The number of hydrogen-bond acceptors (Lipinski definition) is 11. The molecule has 0 radical (unpaired) electrons. The van der Waals surface area contributed by atoms with Crippen LogP contribution < -0.4 is 4.74 Å². The minimum Gasteiger partial charge on any atom is -0.508 e. The van der Waals surface area contributed by atoms with Crippen molar-refractivity contribution in [3.8, 4) is 11.6 Å². The van der Waals surface area contributed by atoms with Crippen LogP contribution in [0.3, 0.4) is 0 Å². The summed E-state index contributed by atoms with van der Waals surface area (Å²) in [6, 6.07) is 9.38. The molecule has 3 aliphatic rings. The van der Waals surface area contributed by atoms with Crippen molar-refractivity contribution in [1.29, 1.82) is 0 Å². The largest absolute Gasteiger partial charge is 0.508 e. The van der Waals surface area contributed by atoms with Crippen molar-refractivity contribution in [2.75, 3.05) is 20.7 Å². The average Bonchev–Trinajstić information content (AvgIpc) is 3.41. The van der Waals surface area contributed by atoms with Gasteiger partial charge in [-0.25, -0.2) is 9.18 Å². The molecule has 0 spiro atoms. The zero-order valence-electron chi connectivity index (χ0n) is 25.0. The molecule has 2 aromatic carbocycles. The van der Waals surface area contributed by atoms with E-state index in [1.54, 1.807) is 19.0 Å². The van der Waals surface area contributed by atoms with Crippen LogP contribution in [0.5, 0.6) is 11.6 Å². The van der Waals surface area contributed by atoms with Crippen molar-refractivity contribution in [3.63, 3.8) is 0 Å². The van der Waals surface area contributed by atoms with Crippen molar-refractivity contribution in [3.05, 3.63) is 87.1 Å². The zero-order valence-corrected chi connectivity index (χ0v) is 25.0. The predicted molar refractivity (Wildman–Crippen MR) is 156 cm³/mol. The lowest BCUT2D eigenvalue weighted by molar-refractivity contribution is -0.0559. The number of esters is 1. The van der Waals surface area contributed by atoms with E-state index in [1.807, 2.05) is 37.3 Å². The number of Topliss-reactive ketones (excluding diaryl/α,β-unsaturated/α-hetero) is 2. The molecule has 0 unspecified atom stereocenters. The van der Waals surface area contributed by atoms with Crippen LogP contribution in [0.4, 0.5) is 4.39 Å². The first-order valence-corrected chi connectivity index (χ1v) is 14.8. The fourth-order valence-electron chi connectivity index (χ4n) is 6.85. The van der Waals surface area contributed by atoms with Crippen LogP contribution in [0.15, 0.2) is 52.3 Å². The summed E-state index contributed by atoms with van der Waals surface area (Å²) < 4.78 is 31.7. The highest BCUT2D eigenvalue weighted by Crippen LogP contribution is 2.56. The summed E-state index contributed by atoms with van der Waals surface area (Å²) in [6.45, 7) is 1.92. The van der Waals surface area contributed by atoms with Crippen molar-refractivity contribution < 1.29 is 48.1 Å². The van der Waals surface area contributed by atoms with Gasteiger partial charge in [0.05, 0.1) is 18.2 Å². The molecule has 45 heavy (non-hydrogen) atoms. The van der Waals surface area contributed by atoms with Crippen molar-refractivity contribution in [1.82, 2.24) is 10.1 Å². The monoisotopic (exact) mass is 620 g/mol. The van der Waals surface area contributed by atoms with E-state index in [9.17, 15) is 29.7 Å². The summed E-state index contributed by atoms with van der Waals surface area (Å²) in [7, 11) is 3.42. The molecule has 4 atom stereocenters. The number of ketones is 2. The number of aromatic nitrogens is 1. The second-order valence-electron chi connectivity index (χ2n) is 11.9. The van der Waals surface area contributed by atoms with Gasteiger partial charge in [-0.2, -0.15) is 0 Å². The van der Waals surface area contributed by atoms with Gasteiger partial charge in [0, 0.05) is 11.5 Å². The number of aliphatic hydroxyl groups excluding tert-OH is 1. The normalized spacial score (nSPS) is 23.7. The molecule has 1 heterocycles. The average molecular weight is 621 g/mol. The molecular formula is C33H33FN2O9. The molecule has 0 saturated heterocycles. The third-order valence-corrected chi connectivity index (χ3v) is 8.99. The third kappa shape index (κ3) is 4.70. The summed E-state index contributed by atoms with van der Waals surface area (Å²) in [4.78, 5) is 42.4. The standard InChI is InChI=1S/C33H33FN2O9/c1-4-5-11-43-32(41)23-20(34)14-18-12-17-13-19-25(36(2)3)28-24(31(35-45-28)44-15-16-9-7-6-8-10-16)30(40)33(19,42)29(39)22(17)26(37)21(18)27(23)38/h6-10,14,17,19,25,38-39,42H,4-5,11-13,15H2,1-3H3/t17-,19-,25-,33-/m0/s1. The Labute approximate surface area is 257 Å². The number of fused-ring (bicyclic) bond motifs is 4. The number of carbonyl (C=O) groups excluding carboxylic acids is 3. The summed E-state index contributed by atoms with van der Waals surface area (Å²) in [5, 5.41) is 38.8. The number of unbranched alkanes of at least 4 members (excludes halogenated alkanes) is 1. The minimum atomic E-state index is -2.57. The second kappa shape index (κ2) is 11.4. The topological polar surface area (TPSA) is 160 Å². The molecule has 12 heteroatoms. The summed E-state index contributed by atoms with van der Waals surface area (Å²) >= 11 is 0. The Balaban J connectivity index is 1.42. The molecule has 3 aromatic rings. The summed E-state index contributed by atoms with van der Waals surface area (Å²) in [5.41, 5.74) is -3.27. The molecule has 0 aliphatic heterocycles. The van der Waals surface area contributed by atoms with E-state index in [1.165, 1.54) is 0 Å². The predicted octanol–water partition coefficient (Wildman–Crippen LogP) is 4.47. The number of nitrogens with zero attached hydrogens (tertiary/aromatic N) is 2. The number of hydrogen-bond donors (Lipinski definition) is 3. The lowest BCUT2D eigenvalue weighted by atomic mass is 9.58. The highest BCUT2D eigenvalue weighted by molar-refractivity contribution is 6.17. The Kier molecular flexibility index (Phi) is 7.74. The molecule has 3 N–H and O–H groups in total. The lowest BCUT2D eigenvalue weighted by Crippen LogP contribution is -2.59. The quantitative estimate of drug-likeness (QED) is 0.241. The minimum absolute atomic E-state index is 0.00125. The molecule has 6 rings (SSSR count). The van der Waals surface area contributed by atoms with E-state index in [2.05, 4.69) is 5.16 Å². The number of phenolic OH excluding ortho intramolecular Hbond substituents is 1. The van der Waals surface area contributed by atoms with Gasteiger partial charge >= 0.3 is 5.97 Å². The molecule has 11 nitrogen and oxygen atoms in total. The maximum atomic E-state index is 15.2. The number of aliphatic hydroxyl groups is 2. The Morgan fingerprint density at radius 1 is 1.18 bits per heavy atom. The first kappa shape index (κ1) is 30.5. The van der Waals surface area contributed by atoms with Crippen molar-refractivity contribution >= 4 is 17.5 Å². The van der Waals surface area contributed by atoms with Crippen LogP contribution in [0, 0.1) is 17.7 Å². The van der Waals surface area contributed by atoms with Gasteiger partial charge < -0.3 is 29.3 Å². The van der Waals surface area contributed by atoms with Crippen molar-refractivity contribution in [2.45, 2.75) is 50.9 Å². The van der Waals surface area contributed by atoms with Crippen LogP contribution in [0.1, 0.15) is 80.2 Å². The molecule has 1 aromatic heterocycles. The van der Waals surface area contributed by atoms with Gasteiger partial charge in [-0.05, 0) is 61.6 Å². The Hall–Kier alpha value is -4.55. The Morgan fingerprint density at radius 2 is 1.91 bits per heavy atom. The van der Waals surface area contributed by atoms with Crippen LogP contribution in [-0.4, -0.2) is 69.2 Å². The van der Waals surface area contributed by atoms with Crippen LogP contribution in [0.25, 0.3) is 0 Å². The molecule has 0 saturated carbocycles. The first-order chi connectivity index (χ1) is 21.5. The fraction of sp³-hybridized carbons (Fsp3) is 0.394. The molecule has 0 amide bonds. The van der Waals surface area contributed by atoms with Gasteiger partial charge in [0.15, 0.2) is 17.1 Å². The molecule has 3 aliphatic carbocycles. The van der Waals surface area contributed by atoms with Gasteiger partial charge in [-0.15, -0.1) is 0 Å². The fourth-order valence-corrected chi connectivity index (χ4v) is 6.85. The highest BCUT2D eigenvalue weighted by atomic mass is 19.1.